The van der Waals surface area contributed by atoms with Gasteiger partial charge >= 0.3 is 0 Å². The van der Waals surface area contributed by atoms with Crippen LogP contribution >= 0.6 is 0 Å². The fraction of sp³-hybridized carbons (Fsp3) is 1.00. The standard InChI is InChI=1S/C23H46O3/c1-19(2)9-6-10-20(3)11-7-12-21(4)13-8-14-22(5)15-16-25-26-18-23-17-24-23/h19-23H,6-18H2,1-5H3. The Morgan fingerprint density at radius 1 is 0.692 bits per heavy atom. The predicted octanol–water partition coefficient (Wildman–Crippen LogP) is 6.80. The molecule has 0 aromatic carbocycles. The summed E-state index contributed by atoms with van der Waals surface area (Å²) in [5, 5.41) is 0. The Bertz CT molecular complexity index is 315. The van der Waals surface area contributed by atoms with Gasteiger partial charge in [-0.3, -0.25) is 0 Å². The molecule has 156 valence electrons. The van der Waals surface area contributed by atoms with E-state index in [4.69, 9.17) is 14.5 Å². The average molecular weight is 371 g/mol. The van der Waals surface area contributed by atoms with Crippen LogP contribution < -0.4 is 0 Å². The Kier molecular flexibility index (Phi) is 13.7. The topological polar surface area (TPSA) is 31.0 Å². The average Bonchev–Trinajstić information content (AvgIpc) is 3.38. The molecular weight excluding hydrogens is 324 g/mol. The Labute approximate surface area is 163 Å². The summed E-state index contributed by atoms with van der Waals surface area (Å²) >= 11 is 0. The van der Waals surface area contributed by atoms with Crippen LogP contribution in [0.3, 0.4) is 0 Å². The molecule has 0 aromatic heterocycles. The zero-order valence-electron chi connectivity index (χ0n) is 18.3. The summed E-state index contributed by atoms with van der Waals surface area (Å²) in [4.78, 5) is 10.3. The minimum Gasteiger partial charge on any atom is -0.370 e. The molecule has 0 bridgehead atoms. The van der Waals surface area contributed by atoms with E-state index in [0.717, 1.165) is 36.7 Å². The highest BCUT2D eigenvalue weighted by Gasteiger charge is 2.22. The maximum Gasteiger partial charge on any atom is 0.111 e. The number of epoxide rings is 1. The molecule has 0 aliphatic carbocycles. The summed E-state index contributed by atoms with van der Waals surface area (Å²) in [6.45, 7) is 14.0. The molecule has 1 aliphatic rings. The fourth-order valence-electron chi connectivity index (χ4n) is 3.53. The minimum atomic E-state index is 0.289. The van der Waals surface area contributed by atoms with E-state index in [1.165, 1.54) is 57.8 Å². The van der Waals surface area contributed by atoms with Crippen LogP contribution in [0.25, 0.3) is 0 Å². The van der Waals surface area contributed by atoms with E-state index in [0.29, 0.717) is 13.2 Å². The monoisotopic (exact) mass is 370 g/mol. The molecule has 4 unspecified atom stereocenters. The van der Waals surface area contributed by atoms with Crippen molar-refractivity contribution >= 4 is 0 Å². The van der Waals surface area contributed by atoms with Gasteiger partial charge in [-0.1, -0.05) is 92.4 Å². The molecule has 0 spiro atoms. The largest absolute Gasteiger partial charge is 0.370 e. The third kappa shape index (κ3) is 15.0. The maximum absolute atomic E-state index is 5.22. The van der Waals surface area contributed by atoms with Gasteiger partial charge in [0.2, 0.25) is 0 Å². The first-order chi connectivity index (χ1) is 12.5. The van der Waals surface area contributed by atoms with Gasteiger partial charge in [-0.2, -0.15) is 0 Å². The van der Waals surface area contributed by atoms with Crippen molar-refractivity contribution in [1.29, 1.82) is 0 Å². The van der Waals surface area contributed by atoms with Crippen molar-refractivity contribution in [3.8, 4) is 0 Å². The van der Waals surface area contributed by atoms with E-state index >= 15 is 0 Å². The second kappa shape index (κ2) is 14.9. The van der Waals surface area contributed by atoms with E-state index in [2.05, 4.69) is 34.6 Å². The third-order valence-corrected chi connectivity index (χ3v) is 5.70. The van der Waals surface area contributed by atoms with Gasteiger partial charge in [0, 0.05) is 0 Å². The molecular formula is C23H46O3. The van der Waals surface area contributed by atoms with Crippen molar-refractivity contribution in [1.82, 2.24) is 0 Å². The first kappa shape index (κ1) is 23.9. The van der Waals surface area contributed by atoms with Crippen molar-refractivity contribution in [2.24, 2.45) is 23.7 Å². The quantitative estimate of drug-likeness (QED) is 0.115. The number of ether oxygens (including phenoxy) is 1. The summed E-state index contributed by atoms with van der Waals surface area (Å²) in [5.74, 6) is 3.38. The van der Waals surface area contributed by atoms with Crippen LogP contribution in [0.4, 0.5) is 0 Å². The lowest BCUT2D eigenvalue weighted by Gasteiger charge is -2.16. The molecule has 0 saturated carbocycles. The van der Waals surface area contributed by atoms with Gasteiger partial charge in [0.1, 0.15) is 12.7 Å². The van der Waals surface area contributed by atoms with Gasteiger partial charge < -0.3 is 4.74 Å². The Balaban J connectivity index is 1.86. The Hall–Kier alpha value is -0.120. The van der Waals surface area contributed by atoms with Gasteiger partial charge in [-0.05, 0) is 30.1 Å². The molecule has 0 N–H and O–H groups in total. The Morgan fingerprint density at radius 3 is 1.62 bits per heavy atom. The third-order valence-electron chi connectivity index (χ3n) is 5.70. The number of hydrogen-bond acceptors (Lipinski definition) is 3. The zero-order valence-corrected chi connectivity index (χ0v) is 18.3. The fourth-order valence-corrected chi connectivity index (χ4v) is 3.53. The van der Waals surface area contributed by atoms with Crippen LogP contribution in [0.5, 0.6) is 0 Å². The normalized spacial score (nSPS) is 20.3. The van der Waals surface area contributed by atoms with E-state index < -0.39 is 0 Å². The minimum absolute atomic E-state index is 0.289. The molecule has 0 aromatic rings. The summed E-state index contributed by atoms with van der Waals surface area (Å²) in [6.07, 6.45) is 13.9. The molecule has 3 nitrogen and oxygen atoms in total. The van der Waals surface area contributed by atoms with Crippen molar-refractivity contribution in [2.45, 2.75) is 105 Å². The molecule has 1 heterocycles. The highest BCUT2D eigenvalue weighted by atomic mass is 17.2. The first-order valence-corrected chi connectivity index (χ1v) is 11.3. The second-order valence-electron chi connectivity index (χ2n) is 9.35. The van der Waals surface area contributed by atoms with E-state index in [1.807, 2.05) is 0 Å². The lowest BCUT2D eigenvalue weighted by atomic mass is 9.91. The molecule has 0 radical (unpaired) electrons. The summed E-state index contributed by atoms with van der Waals surface area (Å²) < 4.78 is 5.07. The van der Waals surface area contributed by atoms with Crippen LogP contribution in [0.2, 0.25) is 0 Å². The van der Waals surface area contributed by atoms with E-state index in [-0.39, 0.29) is 6.10 Å². The van der Waals surface area contributed by atoms with Gasteiger partial charge in [-0.25, -0.2) is 9.78 Å². The Morgan fingerprint density at radius 2 is 1.15 bits per heavy atom. The van der Waals surface area contributed by atoms with Gasteiger partial charge in [0.15, 0.2) is 0 Å². The highest BCUT2D eigenvalue weighted by Crippen LogP contribution is 2.22. The SMILES string of the molecule is CC(C)CCCC(C)CCCC(C)CCCC(C)CCOOCC1CO1. The number of hydrogen-bond donors (Lipinski definition) is 0. The van der Waals surface area contributed by atoms with Crippen molar-refractivity contribution in [3.05, 3.63) is 0 Å². The van der Waals surface area contributed by atoms with E-state index in [1.54, 1.807) is 0 Å². The molecule has 1 saturated heterocycles. The molecule has 4 atom stereocenters. The van der Waals surface area contributed by atoms with Crippen LogP contribution in [0, 0.1) is 23.7 Å². The van der Waals surface area contributed by atoms with Crippen LogP contribution in [0.15, 0.2) is 0 Å². The van der Waals surface area contributed by atoms with Gasteiger partial charge in [0.05, 0.1) is 13.2 Å². The molecule has 1 rings (SSSR count). The van der Waals surface area contributed by atoms with Gasteiger partial charge in [-0.15, -0.1) is 0 Å². The zero-order chi connectivity index (χ0) is 19.2. The van der Waals surface area contributed by atoms with Crippen LogP contribution in [-0.4, -0.2) is 25.9 Å². The molecule has 0 amide bonds. The van der Waals surface area contributed by atoms with Crippen molar-refractivity contribution in [2.75, 3.05) is 19.8 Å². The number of rotatable bonds is 18. The van der Waals surface area contributed by atoms with Crippen molar-refractivity contribution in [3.63, 3.8) is 0 Å². The predicted molar refractivity (Wildman–Crippen MR) is 110 cm³/mol. The maximum atomic E-state index is 5.22. The summed E-state index contributed by atoms with van der Waals surface area (Å²) in [6, 6.07) is 0. The molecule has 1 aliphatic heterocycles. The van der Waals surface area contributed by atoms with E-state index in [9.17, 15) is 0 Å². The molecule has 26 heavy (non-hydrogen) atoms. The smallest absolute Gasteiger partial charge is 0.111 e. The lowest BCUT2D eigenvalue weighted by molar-refractivity contribution is -0.297. The molecule has 1 fully saturated rings. The van der Waals surface area contributed by atoms with Gasteiger partial charge in [0.25, 0.3) is 0 Å². The summed E-state index contributed by atoms with van der Waals surface area (Å²) in [7, 11) is 0. The second-order valence-corrected chi connectivity index (χ2v) is 9.35. The summed E-state index contributed by atoms with van der Waals surface area (Å²) in [5.41, 5.74) is 0. The highest BCUT2D eigenvalue weighted by molar-refractivity contribution is 4.66. The van der Waals surface area contributed by atoms with Crippen molar-refractivity contribution < 1.29 is 14.5 Å². The molecule has 3 heteroatoms. The van der Waals surface area contributed by atoms with Crippen LogP contribution in [0.1, 0.15) is 98.8 Å². The van der Waals surface area contributed by atoms with Crippen LogP contribution in [-0.2, 0) is 14.5 Å². The lowest BCUT2D eigenvalue weighted by Crippen LogP contribution is -2.07. The first-order valence-electron chi connectivity index (χ1n) is 11.3.